The van der Waals surface area contributed by atoms with Gasteiger partial charge in [0.15, 0.2) is 0 Å². The maximum absolute atomic E-state index is 13.7. The largest absolute Gasteiger partial charge is 0.494 e. The fourth-order valence-electron chi connectivity index (χ4n) is 6.40. The molecule has 1 fully saturated rings. The summed E-state index contributed by atoms with van der Waals surface area (Å²) in [6.07, 6.45) is 1.12. The van der Waals surface area contributed by atoms with Crippen molar-refractivity contribution in [1.82, 2.24) is 9.80 Å². The summed E-state index contributed by atoms with van der Waals surface area (Å²) in [5.41, 5.74) is 5.87. The Balaban J connectivity index is 0.985. The van der Waals surface area contributed by atoms with Crippen LogP contribution in [-0.2, 0) is 17.8 Å². The Morgan fingerprint density at radius 3 is 2.21 bits per heavy atom. The van der Waals surface area contributed by atoms with Crippen LogP contribution in [0.4, 0.5) is 22.7 Å². The maximum Gasteiger partial charge on any atom is 0.257 e. The molecule has 47 heavy (non-hydrogen) atoms. The second-order valence-corrected chi connectivity index (χ2v) is 12.2. The molecule has 2 aliphatic heterocycles. The van der Waals surface area contributed by atoms with E-state index in [9.17, 15) is 9.59 Å². The maximum atomic E-state index is 13.7. The molecule has 1 saturated heterocycles. The minimum absolute atomic E-state index is 0.112. The molecule has 4 aromatic rings. The normalized spacial score (nSPS) is 14.7. The smallest absolute Gasteiger partial charge is 0.257 e. The van der Waals surface area contributed by atoms with E-state index in [1.54, 1.807) is 11.0 Å². The van der Waals surface area contributed by atoms with Gasteiger partial charge in [0, 0.05) is 45.0 Å². The summed E-state index contributed by atoms with van der Waals surface area (Å²) in [5, 5.41) is 2.94. The topological polar surface area (TPSA) is 68.4 Å². The predicted octanol–water partition coefficient (Wildman–Crippen LogP) is 6.59. The third kappa shape index (κ3) is 7.84. The molecule has 0 radical (unpaired) electrons. The lowest BCUT2D eigenvalue weighted by atomic mass is 10.1. The lowest BCUT2D eigenvalue weighted by Crippen LogP contribution is -2.46. The van der Waals surface area contributed by atoms with Crippen molar-refractivity contribution in [2.24, 2.45) is 0 Å². The number of ether oxygens (including phenoxy) is 1. The van der Waals surface area contributed by atoms with Crippen LogP contribution < -0.4 is 19.9 Å². The average molecular weight is 632 g/mol. The van der Waals surface area contributed by atoms with Crippen LogP contribution in [0.1, 0.15) is 41.8 Å². The third-order valence-electron chi connectivity index (χ3n) is 9.17. The number of likely N-dealkylation sites (N-methyl/N-ethyl adjacent to an activating group) is 1. The summed E-state index contributed by atoms with van der Waals surface area (Å²) in [6.45, 7) is 13.5. The van der Waals surface area contributed by atoms with E-state index in [0.29, 0.717) is 29.2 Å². The molecule has 0 aliphatic carbocycles. The first-order chi connectivity index (χ1) is 23.0. The van der Waals surface area contributed by atoms with E-state index >= 15 is 0 Å². The van der Waals surface area contributed by atoms with E-state index < -0.39 is 0 Å². The summed E-state index contributed by atoms with van der Waals surface area (Å²) in [6, 6.07) is 31.5. The molecule has 8 nitrogen and oxygen atoms in total. The van der Waals surface area contributed by atoms with Gasteiger partial charge in [-0.2, -0.15) is 0 Å². The van der Waals surface area contributed by atoms with Crippen LogP contribution in [0.15, 0.2) is 97.1 Å². The Morgan fingerprint density at radius 2 is 1.49 bits per heavy atom. The first-order valence-electron chi connectivity index (χ1n) is 16.8. The minimum atomic E-state index is -0.224. The van der Waals surface area contributed by atoms with Gasteiger partial charge in [-0.15, -0.1) is 0 Å². The van der Waals surface area contributed by atoms with Gasteiger partial charge in [-0.1, -0.05) is 62.4 Å². The number of para-hydroxylation sites is 3. The fraction of sp³-hybridized carbons (Fsp3) is 0.333. The molecule has 6 rings (SSSR count). The van der Waals surface area contributed by atoms with Crippen molar-refractivity contribution in [2.75, 3.05) is 67.5 Å². The molecule has 0 aromatic heterocycles. The molecule has 0 bridgehead atoms. The van der Waals surface area contributed by atoms with Gasteiger partial charge in [0.25, 0.3) is 5.91 Å². The van der Waals surface area contributed by atoms with E-state index in [0.717, 1.165) is 70.1 Å². The zero-order chi connectivity index (χ0) is 32.6. The number of hydrogen-bond acceptors (Lipinski definition) is 6. The van der Waals surface area contributed by atoms with E-state index in [1.807, 2.05) is 66.7 Å². The highest BCUT2D eigenvalue weighted by Gasteiger charge is 2.29. The number of amides is 2. The molecule has 8 heteroatoms. The second kappa shape index (κ2) is 15.3. The van der Waals surface area contributed by atoms with Gasteiger partial charge in [-0.05, 0) is 79.2 Å². The van der Waals surface area contributed by atoms with Crippen LogP contribution in [-0.4, -0.2) is 74.0 Å². The van der Waals surface area contributed by atoms with Crippen LogP contribution in [0.5, 0.6) is 5.75 Å². The van der Waals surface area contributed by atoms with Crippen LogP contribution in [0, 0.1) is 0 Å². The molecule has 0 unspecified atom stereocenters. The molecular formula is C39H45N5O3. The Hall–Kier alpha value is -4.66. The van der Waals surface area contributed by atoms with Gasteiger partial charge >= 0.3 is 0 Å². The highest BCUT2D eigenvalue weighted by Crippen LogP contribution is 2.38. The summed E-state index contributed by atoms with van der Waals surface area (Å²) < 4.78 is 6.07. The van der Waals surface area contributed by atoms with Crippen LogP contribution >= 0.6 is 0 Å². The number of piperazine rings is 1. The van der Waals surface area contributed by atoms with Gasteiger partial charge in [-0.3, -0.25) is 19.4 Å². The number of hydrogen-bond donors (Lipinski definition) is 1. The number of nitrogens with zero attached hydrogens (tertiary/aromatic N) is 4. The molecule has 4 aromatic carbocycles. The second-order valence-electron chi connectivity index (χ2n) is 12.2. The molecule has 1 N–H and O–H groups in total. The van der Waals surface area contributed by atoms with E-state index in [2.05, 4.69) is 58.1 Å². The monoisotopic (exact) mass is 631 g/mol. The van der Waals surface area contributed by atoms with Crippen molar-refractivity contribution in [2.45, 2.75) is 33.2 Å². The highest BCUT2D eigenvalue weighted by atomic mass is 16.5. The Morgan fingerprint density at radius 1 is 0.809 bits per heavy atom. The van der Waals surface area contributed by atoms with Crippen LogP contribution in [0.25, 0.3) is 0 Å². The minimum Gasteiger partial charge on any atom is -0.494 e. The molecule has 0 spiro atoms. The Bertz CT molecular complexity index is 1650. The molecule has 2 heterocycles. The van der Waals surface area contributed by atoms with Gasteiger partial charge in [-0.25, -0.2) is 0 Å². The Labute approximate surface area is 278 Å². The number of rotatable bonds is 12. The first-order valence-corrected chi connectivity index (χ1v) is 16.8. The SMILES string of the molecule is CCN1CCN(c2ccc(CN(CC)CCCOc3ccc(CC(=O)N4c5ccccc5NC(=O)c5ccccc54)cc3)cc2)CC1. The number of carbonyl (C=O) groups is 2. The van der Waals surface area contributed by atoms with Crippen molar-refractivity contribution in [3.8, 4) is 5.75 Å². The predicted molar refractivity (Wildman–Crippen MR) is 190 cm³/mol. The van der Waals surface area contributed by atoms with Gasteiger partial charge in [0.05, 0.1) is 35.7 Å². The van der Waals surface area contributed by atoms with Crippen LogP contribution in [0.2, 0.25) is 0 Å². The Kier molecular flexibility index (Phi) is 10.5. The molecule has 2 aliphatic rings. The van der Waals surface area contributed by atoms with Crippen molar-refractivity contribution >= 4 is 34.6 Å². The average Bonchev–Trinajstić information content (AvgIpc) is 3.24. The summed E-state index contributed by atoms with van der Waals surface area (Å²) in [5.74, 6) is 0.455. The summed E-state index contributed by atoms with van der Waals surface area (Å²) >= 11 is 0. The van der Waals surface area contributed by atoms with Gasteiger partial charge < -0.3 is 19.9 Å². The van der Waals surface area contributed by atoms with Crippen molar-refractivity contribution in [3.63, 3.8) is 0 Å². The summed E-state index contributed by atoms with van der Waals surface area (Å²) in [4.78, 5) is 35.7. The number of carbonyl (C=O) groups excluding carboxylic acids is 2. The first kappa shape index (κ1) is 32.3. The van der Waals surface area contributed by atoms with E-state index in [-0.39, 0.29) is 18.2 Å². The van der Waals surface area contributed by atoms with Gasteiger partial charge in [0.1, 0.15) is 5.75 Å². The highest BCUT2D eigenvalue weighted by molar-refractivity contribution is 6.17. The van der Waals surface area contributed by atoms with Crippen molar-refractivity contribution < 1.29 is 14.3 Å². The third-order valence-corrected chi connectivity index (χ3v) is 9.17. The lowest BCUT2D eigenvalue weighted by molar-refractivity contribution is -0.117. The number of fused-ring (bicyclic) bond motifs is 2. The van der Waals surface area contributed by atoms with Crippen molar-refractivity contribution in [3.05, 3.63) is 114 Å². The molecular weight excluding hydrogens is 586 g/mol. The molecule has 244 valence electrons. The molecule has 0 saturated carbocycles. The standard InChI is InChI=1S/C39H45N5O3/c1-3-41-23-25-43(26-24-41)32-18-14-31(15-19-32)29-42(4-2)22-9-27-47-33-20-16-30(17-21-33)28-38(45)44-36-12-7-5-10-34(36)39(46)40-35-11-6-8-13-37(35)44/h5-8,10-21H,3-4,9,22-29H2,1-2H3,(H,40,46). The number of nitrogens with one attached hydrogen (secondary N) is 1. The fourth-order valence-corrected chi connectivity index (χ4v) is 6.40. The quantitative estimate of drug-likeness (QED) is 0.178. The summed E-state index contributed by atoms with van der Waals surface area (Å²) in [7, 11) is 0. The number of benzene rings is 4. The zero-order valence-corrected chi connectivity index (χ0v) is 27.5. The number of anilines is 4. The zero-order valence-electron chi connectivity index (χ0n) is 27.5. The molecule has 2 amide bonds. The lowest BCUT2D eigenvalue weighted by Gasteiger charge is -2.35. The van der Waals surface area contributed by atoms with Crippen molar-refractivity contribution in [1.29, 1.82) is 0 Å². The van der Waals surface area contributed by atoms with E-state index in [4.69, 9.17) is 4.74 Å². The molecule has 0 atom stereocenters. The van der Waals surface area contributed by atoms with Crippen LogP contribution in [0.3, 0.4) is 0 Å². The van der Waals surface area contributed by atoms with Gasteiger partial charge in [0.2, 0.25) is 5.91 Å². The van der Waals surface area contributed by atoms with E-state index in [1.165, 1.54) is 11.3 Å².